The Morgan fingerprint density at radius 3 is 1.52 bits per heavy atom. The number of nitrogens with zero attached hydrogens (tertiary/aromatic N) is 3. The van der Waals surface area contributed by atoms with Gasteiger partial charge >= 0.3 is 0 Å². The number of rotatable bonds is 5. The first kappa shape index (κ1) is 52.7. The third kappa shape index (κ3) is 7.73. The lowest BCUT2D eigenvalue weighted by molar-refractivity contribution is 0.403. The maximum Gasteiger partial charge on any atom is 0.252 e. The van der Waals surface area contributed by atoms with Gasteiger partial charge in [-0.15, -0.1) is 11.3 Å². The van der Waals surface area contributed by atoms with Gasteiger partial charge in [0.25, 0.3) is 6.71 Å². The molecule has 9 aromatic carbocycles. The Kier molecular flexibility index (Phi) is 11.3. The quantitative estimate of drug-likeness (QED) is 0.159. The number of thiophene rings is 1. The summed E-state index contributed by atoms with van der Waals surface area (Å²) in [6.45, 7) is 38.2. The van der Waals surface area contributed by atoms with Crippen LogP contribution in [0, 0.1) is 13.8 Å². The van der Waals surface area contributed by atoms with Crippen molar-refractivity contribution in [2.75, 3.05) is 14.7 Å². The molecule has 0 atom stereocenters. The first-order valence-electron chi connectivity index (χ1n) is 30.0. The average Bonchev–Trinajstić information content (AvgIpc) is 1.47. The van der Waals surface area contributed by atoms with Crippen molar-refractivity contribution in [1.29, 1.82) is 0 Å². The predicted octanol–water partition coefficient (Wildman–Crippen LogP) is 19.7. The molecule has 0 unspecified atom stereocenters. The molecule has 3 heterocycles. The number of benzene rings is 9. The molecule has 82 heavy (non-hydrogen) atoms. The average molecular weight is 1090 g/mol. The fourth-order valence-corrected chi connectivity index (χ4v) is 16.9. The van der Waals surface area contributed by atoms with Crippen molar-refractivity contribution < 1.29 is 0 Å². The summed E-state index contributed by atoms with van der Waals surface area (Å²) in [4.78, 5) is 7.89. The summed E-state index contributed by atoms with van der Waals surface area (Å²) < 4.78 is 2.60. The highest BCUT2D eigenvalue weighted by molar-refractivity contribution is 7.26. The van der Waals surface area contributed by atoms with Gasteiger partial charge in [0, 0.05) is 71.8 Å². The molecule has 0 radical (unpaired) electrons. The molecular weight excluding hydrogens is 1010 g/mol. The van der Waals surface area contributed by atoms with Crippen molar-refractivity contribution in [3.8, 4) is 0 Å². The summed E-state index contributed by atoms with van der Waals surface area (Å²) in [7, 11) is 0. The third-order valence-electron chi connectivity index (χ3n) is 19.7. The van der Waals surface area contributed by atoms with Gasteiger partial charge in [0.15, 0.2) is 0 Å². The van der Waals surface area contributed by atoms with Crippen LogP contribution in [0.2, 0.25) is 0 Å². The van der Waals surface area contributed by atoms with Crippen molar-refractivity contribution in [1.82, 2.24) is 0 Å². The lowest BCUT2D eigenvalue weighted by Crippen LogP contribution is -2.61. The first-order valence-corrected chi connectivity index (χ1v) is 30.8. The lowest BCUT2D eigenvalue weighted by Gasteiger charge is -2.47. The van der Waals surface area contributed by atoms with E-state index in [9.17, 15) is 0 Å². The Labute approximate surface area is 492 Å². The zero-order chi connectivity index (χ0) is 57.5. The molecular formula is C77H78BN3S. The van der Waals surface area contributed by atoms with Crippen LogP contribution in [0.25, 0.3) is 20.2 Å². The van der Waals surface area contributed by atoms with Gasteiger partial charge in [-0.25, -0.2) is 0 Å². The van der Waals surface area contributed by atoms with E-state index in [0.717, 1.165) is 23.5 Å². The minimum atomic E-state index is -0.214. The van der Waals surface area contributed by atoms with Gasteiger partial charge in [-0.1, -0.05) is 194 Å². The second-order valence-corrected chi connectivity index (χ2v) is 30.2. The SMILES string of the molecule is Cc1cc2c3c(c1)N(c1cccc4c1sc1ccccc14)c1cc(N(c4ccc(C(C)(C)C)cc4)c4ccc(C(C)(C)C)cc4)ccc1B3c1cc3c(cc1N2c1cc2c(cc1C)C(C)(C)c1ccccc1C2(C)C)C(C)(C)CC3(C)C. The van der Waals surface area contributed by atoms with Gasteiger partial charge in [0.1, 0.15) is 0 Å². The lowest BCUT2D eigenvalue weighted by atomic mass is 9.33. The summed E-state index contributed by atoms with van der Waals surface area (Å²) in [6, 6.07) is 66.8. The molecule has 410 valence electrons. The molecule has 4 aliphatic rings. The molecule has 5 heteroatoms. The molecule has 0 saturated heterocycles. The van der Waals surface area contributed by atoms with E-state index in [1.807, 2.05) is 11.3 Å². The maximum absolute atomic E-state index is 2.72. The van der Waals surface area contributed by atoms with Crippen molar-refractivity contribution >= 4 is 106 Å². The fourth-order valence-electron chi connectivity index (χ4n) is 15.6. The molecule has 14 rings (SSSR count). The summed E-state index contributed by atoms with van der Waals surface area (Å²) in [5, 5.41) is 2.60. The summed E-state index contributed by atoms with van der Waals surface area (Å²) in [5.41, 5.74) is 28.4. The van der Waals surface area contributed by atoms with Crippen molar-refractivity contribution in [2.24, 2.45) is 0 Å². The van der Waals surface area contributed by atoms with Gasteiger partial charge in [0.2, 0.25) is 0 Å². The molecule has 2 aliphatic heterocycles. The van der Waals surface area contributed by atoms with Crippen molar-refractivity contribution in [3.63, 3.8) is 0 Å². The van der Waals surface area contributed by atoms with Gasteiger partial charge in [0.05, 0.1) is 10.4 Å². The number of hydrogen-bond acceptors (Lipinski definition) is 4. The van der Waals surface area contributed by atoms with Crippen LogP contribution in [0.3, 0.4) is 0 Å². The second-order valence-electron chi connectivity index (χ2n) is 29.1. The molecule has 0 N–H and O–H groups in total. The van der Waals surface area contributed by atoms with Gasteiger partial charge in [-0.3, -0.25) is 0 Å². The third-order valence-corrected chi connectivity index (χ3v) is 21.0. The van der Waals surface area contributed by atoms with Gasteiger partial charge in [-0.05, 0) is 187 Å². The molecule has 0 bridgehead atoms. The largest absolute Gasteiger partial charge is 0.311 e. The van der Waals surface area contributed by atoms with E-state index >= 15 is 0 Å². The predicted molar refractivity (Wildman–Crippen MR) is 356 cm³/mol. The van der Waals surface area contributed by atoms with Gasteiger partial charge < -0.3 is 14.7 Å². The van der Waals surface area contributed by atoms with E-state index in [-0.39, 0.29) is 39.2 Å². The molecule has 0 amide bonds. The molecule has 10 aromatic rings. The molecule has 0 fully saturated rings. The van der Waals surface area contributed by atoms with Crippen molar-refractivity contribution in [3.05, 3.63) is 225 Å². The van der Waals surface area contributed by atoms with E-state index in [2.05, 4.69) is 295 Å². The number of aryl methyl sites for hydroxylation is 2. The highest BCUT2D eigenvalue weighted by Gasteiger charge is 2.50. The molecule has 2 aliphatic carbocycles. The monoisotopic (exact) mass is 1090 g/mol. The van der Waals surface area contributed by atoms with Crippen molar-refractivity contribution in [2.45, 2.75) is 150 Å². The van der Waals surface area contributed by atoms with Crippen LogP contribution in [-0.4, -0.2) is 6.71 Å². The minimum Gasteiger partial charge on any atom is -0.311 e. The highest BCUT2D eigenvalue weighted by Crippen LogP contribution is 2.57. The Hall–Kier alpha value is -7.34. The molecule has 1 aromatic heterocycles. The molecule has 0 saturated carbocycles. The molecule has 0 spiro atoms. The number of hydrogen-bond donors (Lipinski definition) is 0. The maximum atomic E-state index is 2.72. The van der Waals surface area contributed by atoms with E-state index < -0.39 is 0 Å². The van der Waals surface area contributed by atoms with Crippen LogP contribution in [0.15, 0.2) is 170 Å². The van der Waals surface area contributed by atoms with Crippen LogP contribution >= 0.6 is 11.3 Å². The highest BCUT2D eigenvalue weighted by atomic mass is 32.1. The van der Waals surface area contributed by atoms with Crippen LogP contribution in [0.5, 0.6) is 0 Å². The number of anilines is 9. The topological polar surface area (TPSA) is 9.72 Å². The zero-order valence-corrected chi connectivity index (χ0v) is 52.0. The second kappa shape index (κ2) is 17.6. The van der Waals surface area contributed by atoms with Crippen LogP contribution in [0.4, 0.5) is 51.2 Å². The summed E-state index contributed by atoms with van der Waals surface area (Å²) in [5.74, 6) is 0. The van der Waals surface area contributed by atoms with E-state index in [4.69, 9.17) is 0 Å². The van der Waals surface area contributed by atoms with Crippen LogP contribution < -0.4 is 31.1 Å². The van der Waals surface area contributed by atoms with E-state index in [1.54, 1.807) is 0 Å². The Morgan fingerprint density at radius 2 is 0.927 bits per heavy atom. The summed E-state index contributed by atoms with van der Waals surface area (Å²) in [6.07, 6.45) is 1.09. The minimum absolute atomic E-state index is 0.00305. The fraction of sp³-hybridized carbons (Fsp3) is 0.299. The number of fused-ring (bicyclic) bond motifs is 10. The van der Waals surface area contributed by atoms with Gasteiger partial charge in [-0.2, -0.15) is 0 Å². The Morgan fingerprint density at radius 1 is 0.427 bits per heavy atom. The smallest absolute Gasteiger partial charge is 0.252 e. The van der Waals surface area contributed by atoms with Crippen LogP contribution in [0.1, 0.15) is 159 Å². The zero-order valence-electron chi connectivity index (χ0n) is 51.2. The van der Waals surface area contributed by atoms with E-state index in [0.29, 0.717) is 0 Å². The summed E-state index contributed by atoms with van der Waals surface area (Å²) >= 11 is 1.92. The first-order chi connectivity index (χ1) is 38.7. The standard InChI is InChI=1S/C77H78BN3S/c1-46-38-67-70-68(39-46)81(64-44-60-59(40-47(64)2)76(13,14)55-24-18-19-25-56(55)77(60,15)16)66-43-58-57(74(9,10)45-75(58,11)12)42-62(66)78(70)61-37-36-52(41-65(61)80(67)63-26-21-23-54-53-22-17-20-27-69(53)82-71(54)63)79(50-32-28-48(29-33-50)72(3,4)5)51-34-30-49(31-35-51)73(6,7)8/h17-44H,45H2,1-16H3. The Bertz CT molecular complexity index is 4250. The Balaban J connectivity index is 1.07. The van der Waals surface area contributed by atoms with Crippen LogP contribution in [-0.2, 0) is 32.5 Å². The normalized spacial score (nSPS) is 16.8. The molecule has 3 nitrogen and oxygen atoms in total. The van der Waals surface area contributed by atoms with E-state index in [1.165, 1.54) is 126 Å².